The summed E-state index contributed by atoms with van der Waals surface area (Å²) in [6.07, 6.45) is 1.23. The molecule has 0 bridgehead atoms. The maximum Gasteiger partial charge on any atom is 0.352 e. The van der Waals surface area contributed by atoms with E-state index in [1.807, 2.05) is 0 Å². The molecule has 4 nitrogen and oxygen atoms in total. The molecule has 0 atom stereocenters. The number of aromatic carboxylic acids is 1. The van der Waals surface area contributed by atoms with E-state index in [9.17, 15) is 18.4 Å². The van der Waals surface area contributed by atoms with Gasteiger partial charge in [0.15, 0.2) is 0 Å². The summed E-state index contributed by atoms with van der Waals surface area (Å²) in [7, 11) is 1.43. The van der Waals surface area contributed by atoms with Crippen molar-refractivity contribution >= 4 is 11.8 Å². The molecule has 0 aliphatic rings. The van der Waals surface area contributed by atoms with E-state index in [0.29, 0.717) is 0 Å². The standard InChI is InChI=1S/C14H11F2NO3/c1-7-3-4-9(15)11(12(7)16)13(18)8-5-10(14(19)20)17(2)6-8/h3-6H,1-2H3,(H,19,20). The maximum absolute atomic E-state index is 13.9. The van der Waals surface area contributed by atoms with E-state index in [1.165, 1.54) is 30.8 Å². The second-order valence-corrected chi connectivity index (χ2v) is 4.41. The number of carbonyl (C=O) groups excluding carboxylic acids is 1. The van der Waals surface area contributed by atoms with Gasteiger partial charge in [-0.2, -0.15) is 0 Å². The molecular formula is C14H11F2NO3. The predicted octanol–water partition coefficient (Wildman–Crippen LogP) is 2.54. The Hall–Kier alpha value is -2.50. The summed E-state index contributed by atoms with van der Waals surface area (Å²) in [5.74, 6) is -4.02. The van der Waals surface area contributed by atoms with Crippen molar-refractivity contribution in [3.05, 3.63) is 58.4 Å². The smallest absolute Gasteiger partial charge is 0.352 e. The van der Waals surface area contributed by atoms with Gasteiger partial charge >= 0.3 is 5.97 Å². The van der Waals surface area contributed by atoms with Crippen LogP contribution in [0.3, 0.4) is 0 Å². The summed E-state index contributed by atoms with van der Waals surface area (Å²) < 4.78 is 28.7. The average molecular weight is 279 g/mol. The van der Waals surface area contributed by atoms with Crippen LogP contribution in [0.1, 0.15) is 32.0 Å². The van der Waals surface area contributed by atoms with Gasteiger partial charge in [-0.25, -0.2) is 13.6 Å². The van der Waals surface area contributed by atoms with E-state index >= 15 is 0 Å². The van der Waals surface area contributed by atoms with Crippen LogP contribution in [0.5, 0.6) is 0 Å². The molecule has 2 aromatic rings. The van der Waals surface area contributed by atoms with E-state index < -0.39 is 29.0 Å². The monoisotopic (exact) mass is 279 g/mol. The molecular weight excluding hydrogens is 268 g/mol. The van der Waals surface area contributed by atoms with E-state index in [4.69, 9.17) is 5.11 Å². The zero-order chi connectivity index (χ0) is 15.0. The summed E-state index contributed by atoms with van der Waals surface area (Å²) >= 11 is 0. The highest BCUT2D eigenvalue weighted by molar-refractivity contribution is 6.10. The number of carbonyl (C=O) groups is 2. The first-order valence-electron chi connectivity index (χ1n) is 5.72. The summed E-state index contributed by atoms with van der Waals surface area (Å²) in [6.45, 7) is 1.42. The Kier molecular flexibility index (Phi) is 3.40. The molecule has 0 radical (unpaired) electrons. The van der Waals surface area contributed by atoms with Crippen molar-refractivity contribution in [2.75, 3.05) is 0 Å². The third kappa shape index (κ3) is 2.20. The largest absolute Gasteiger partial charge is 0.477 e. The van der Waals surface area contributed by atoms with Crippen LogP contribution in [0.2, 0.25) is 0 Å². The van der Waals surface area contributed by atoms with Gasteiger partial charge in [0.25, 0.3) is 0 Å². The van der Waals surface area contributed by atoms with Gasteiger partial charge in [-0.3, -0.25) is 4.79 Å². The van der Waals surface area contributed by atoms with Crippen LogP contribution in [0.25, 0.3) is 0 Å². The number of carboxylic acids is 1. The van der Waals surface area contributed by atoms with Crippen LogP contribution in [0.4, 0.5) is 8.78 Å². The van der Waals surface area contributed by atoms with Gasteiger partial charge in [-0.15, -0.1) is 0 Å². The molecule has 0 saturated heterocycles. The minimum absolute atomic E-state index is 0.0756. The molecule has 1 aromatic carbocycles. The number of hydrogen-bond acceptors (Lipinski definition) is 2. The van der Waals surface area contributed by atoms with Crippen LogP contribution < -0.4 is 0 Å². The lowest BCUT2D eigenvalue weighted by atomic mass is 10.0. The Labute approximate surface area is 113 Å². The number of carboxylic acid groups (broad SMARTS) is 1. The highest BCUT2D eigenvalue weighted by atomic mass is 19.1. The van der Waals surface area contributed by atoms with E-state index in [-0.39, 0.29) is 16.8 Å². The maximum atomic E-state index is 13.9. The predicted molar refractivity (Wildman–Crippen MR) is 66.9 cm³/mol. The Morgan fingerprint density at radius 3 is 2.45 bits per heavy atom. The van der Waals surface area contributed by atoms with Crippen LogP contribution in [-0.2, 0) is 7.05 Å². The summed E-state index contributed by atoms with van der Waals surface area (Å²) in [4.78, 5) is 23.0. The van der Waals surface area contributed by atoms with Crippen molar-refractivity contribution in [3.63, 3.8) is 0 Å². The molecule has 1 heterocycles. The minimum atomic E-state index is -1.23. The fourth-order valence-electron chi connectivity index (χ4n) is 1.91. The zero-order valence-corrected chi connectivity index (χ0v) is 10.8. The molecule has 104 valence electrons. The number of hydrogen-bond donors (Lipinski definition) is 1. The topological polar surface area (TPSA) is 59.3 Å². The van der Waals surface area contributed by atoms with Crippen LogP contribution in [-0.4, -0.2) is 21.4 Å². The van der Waals surface area contributed by atoms with Crippen LogP contribution >= 0.6 is 0 Å². The number of rotatable bonds is 3. The Morgan fingerprint density at radius 2 is 1.90 bits per heavy atom. The first-order chi connectivity index (χ1) is 9.32. The minimum Gasteiger partial charge on any atom is -0.477 e. The Bertz CT molecular complexity index is 719. The summed E-state index contributed by atoms with van der Waals surface area (Å²) in [5, 5.41) is 8.90. The Balaban J connectivity index is 2.55. The normalized spacial score (nSPS) is 10.6. The lowest BCUT2D eigenvalue weighted by Gasteiger charge is -2.05. The number of aryl methyl sites for hydroxylation is 2. The zero-order valence-electron chi connectivity index (χ0n) is 10.8. The molecule has 6 heteroatoms. The van der Waals surface area contributed by atoms with Crippen LogP contribution in [0, 0.1) is 18.6 Å². The third-order valence-corrected chi connectivity index (χ3v) is 3.00. The van der Waals surface area contributed by atoms with Gasteiger partial charge in [-0.1, -0.05) is 6.07 Å². The Morgan fingerprint density at radius 1 is 1.25 bits per heavy atom. The van der Waals surface area contributed by atoms with Crippen molar-refractivity contribution in [2.45, 2.75) is 6.92 Å². The van der Waals surface area contributed by atoms with Gasteiger partial charge in [0.1, 0.15) is 17.3 Å². The second-order valence-electron chi connectivity index (χ2n) is 4.41. The number of halogens is 2. The third-order valence-electron chi connectivity index (χ3n) is 3.00. The molecule has 0 spiro atoms. The molecule has 0 aliphatic carbocycles. The number of ketones is 1. The van der Waals surface area contributed by atoms with E-state index in [1.54, 1.807) is 0 Å². The molecule has 0 aliphatic heterocycles. The van der Waals surface area contributed by atoms with Crippen molar-refractivity contribution in [1.29, 1.82) is 0 Å². The first-order valence-corrected chi connectivity index (χ1v) is 5.72. The van der Waals surface area contributed by atoms with E-state index in [2.05, 4.69) is 0 Å². The second kappa shape index (κ2) is 4.88. The number of benzene rings is 1. The molecule has 0 saturated carbocycles. The molecule has 2 rings (SSSR count). The number of nitrogens with zero attached hydrogens (tertiary/aromatic N) is 1. The summed E-state index contributed by atoms with van der Waals surface area (Å²) in [5.41, 5.74) is -0.744. The molecule has 1 N–H and O–H groups in total. The van der Waals surface area contributed by atoms with Gasteiger partial charge in [0.2, 0.25) is 5.78 Å². The molecule has 1 aromatic heterocycles. The van der Waals surface area contributed by atoms with Crippen molar-refractivity contribution in [2.24, 2.45) is 7.05 Å². The molecule has 0 unspecified atom stereocenters. The van der Waals surface area contributed by atoms with Gasteiger partial charge in [0.05, 0.1) is 5.56 Å². The fraction of sp³-hybridized carbons (Fsp3) is 0.143. The van der Waals surface area contributed by atoms with Crippen molar-refractivity contribution in [3.8, 4) is 0 Å². The van der Waals surface area contributed by atoms with Gasteiger partial charge in [0, 0.05) is 18.8 Å². The van der Waals surface area contributed by atoms with Crippen molar-refractivity contribution in [1.82, 2.24) is 4.57 Å². The van der Waals surface area contributed by atoms with E-state index in [0.717, 1.165) is 12.1 Å². The summed E-state index contributed by atoms with van der Waals surface area (Å²) in [6, 6.07) is 3.33. The molecule has 0 fully saturated rings. The van der Waals surface area contributed by atoms with Gasteiger partial charge < -0.3 is 9.67 Å². The lowest BCUT2D eigenvalue weighted by Crippen LogP contribution is -2.08. The SMILES string of the molecule is Cc1ccc(F)c(C(=O)c2cc(C(=O)O)n(C)c2)c1F. The van der Waals surface area contributed by atoms with Crippen LogP contribution in [0.15, 0.2) is 24.4 Å². The molecule has 20 heavy (non-hydrogen) atoms. The highest BCUT2D eigenvalue weighted by Crippen LogP contribution is 2.21. The number of aromatic nitrogens is 1. The lowest BCUT2D eigenvalue weighted by molar-refractivity contribution is 0.0686. The highest BCUT2D eigenvalue weighted by Gasteiger charge is 2.23. The quantitative estimate of drug-likeness (QED) is 0.878. The van der Waals surface area contributed by atoms with Gasteiger partial charge in [-0.05, 0) is 24.6 Å². The molecule has 0 amide bonds. The fourth-order valence-corrected chi connectivity index (χ4v) is 1.91. The average Bonchev–Trinajstić information content (AvgIpc) is 2.76. The first kappa shape index (κ1) is 13.9. The van der Waals surface area contributed by atoms with Crippen molar-refractivity contribution < 1.29 is 23.5 Å².